The first-order valence-electron chi connectivity index (χ1n) is 15.4. The van der Waals surface area contributed by atoms with Crippen molar-refractivity contribution in [2.45, 2.75) is 76.1 Å². The molecule has 0 bridgehead atoms. The Morgan fingerprint density at radius 1 is 0.761 bits per heavy atom. The zero-order chi connectivity index (χ0) is 33.2. The van der Waals surface area contributed by atoms with Crippen LogP contribution in [0.25, 0.3) is 0 Å². The zero-order valence-electron chi connectivity index (χ0n) is 26.2. The quantitative estimate of drug-likeness (QED) is 0.147. The van der Waals surface area contributed by atoms with Crippen LogP contribution in [0, 0.1) is 5.92 Å². The summed E-state index contributed by atoms with van der Waals surface area (Å²) in [6.07, 6.45) is -7.88. The first kappa shape index (κ1) is 34.7. The fourth-order valence-electron chi connectivity index (χ4n) is 5.45. The van der Waals surface area contributed by atoms with Gasteiger partial charge in [-0.1, -0.05) is 98.8 Å². The van der Waals surface area contributed by atoms with E-state index < -0.39 is 60.3 Å². The summed E-state index contributed by atoms with van der Waals surface area (Å²) in [6, 6.07) is 23.5. The molecule has 246 valence electrons. The molecule has 0 unspecified atom stereocenters. The summed E-state index contributed by atoms with van der Waals surface area (Å²) in [6.45, 7) is 3.29. The van der Waals surface area contributed by atoms with Crippen LogP contribution in [0.5, 0.6) is 0 Å². The number of hydrogen-bond acceptors (Lipinski definition) is 8. The van der Waals surface area contributed by atoms with Crippen molar-refractivity contribution in [3.05, 3.63) is 107 Å². The molecule has 46 heavy (non-hydrogen) atoms. The van der Waals surface area contributed by atoms with Gasteiger partial charge in [-0.05, 0) is 28.2 Å². The molecule has 3 amide bonds. The summed E-state index contributed by atoms with van der Waals surface area (Å²) in [4.78, 5) is 39.9. The number of aliphatic hydroxyl groups is 3. The highest BCUT2D eigenvalue weighted by Gasteiger charge is 2.43. The van der Waals surface area contributed by atoms with E-state index in [1.54, 1.807) is 74.5 Å². The van der Waals surface area contributed by atoms with Gasteiger partial charge < -0.3 is 40.7 Å². The number of rotatable bonds is 15. The van der Waals surface area contributed by atoms with Gasteiger partial charge in [0.25, 0.3) is 11.8 Å². The van der Waals surface area contributed by atoms with E-state index in [1.165, 1.54) is 7.05 Å². The van der Waals surface area contributed by atoms with Crippen molar-refractivity contribution in [1.82, 2.24) is 16.0 Å². The molecule has 4 rings (SSSR count). The Bertz CT molecular complexity index is 1440. The highest BCUT2D eigenvalue weighted by Crippen LogP contribution is 2.31. The third-order valence-electron chi connectivity index (χ3n) is 8.03. The topological polar surface area (TPSA) is 166 Å². The molecule has 6 N–H and O–H groups in total. The minimum Gasteiger partial charge on any atom is -0.390 e. The van der Waals surface area contributed by atoms with Gasteiger partial charge >= 0.3 is 0 Å². The lowest BCUT2D eigenvalue weighted by Gasteiger charge is -2.32. The van der Waals surface area contributed by atoms with Crippen molar-refractivity contribution in [2.24, 2.45) is 5.92 Å². The third kappa shape index (κ3) is 8.77. The first-order valence-corrected chi connectivity index (χ1v) is 15.4. The summed E-state index contributed by atoms with van der Waals surface area (Å²) in [7, 11) is 1.44. The summed E-state index contributed by atoms with van der Waals surface area (Å²) < 4.78 is 11.8. The lowest BCUT2D eigenvalue weighted by atomic mass is 9.98. The Morgan fingerprint density at radius 3 is 1.78 bits per heavy atom. The molecule has 3 aromatic rings. The molecule has 1 aliphatic rings. The van der Waals surface area contributed by atoms with E-state index in [9.17, 15) is 29.7 Å². The maximum Gasteiger partial charge on any atom is 0.252 e. The molecule has 11 heteroatoms. The van der Waals surface area contributed by atoms with Crippen molar-refractivity contribution in [3.63, 3.8) is 0 Å². The molecule has 1 aliphatic carbocycles. The van der Waals surface area contributed by atoms with E-state index in [1.807, 2.05) is 24.3 Å². The summed E-state index contributed by atoms with van der Waals surface area (Å²) >= 11 is 0. The molecule has 7 atom stereocenters. The number of nitrogens with one attached hydrogen (secondary N) is 3. The number of carbonyl (C=O) groups excluding carboxylic acids is 3. The standard InChI is InChI=1S/C35H43N3O8/c1-21(2)27(33(42)36-3)37-34(43)31(45-19-22-12-6-4-7-13-22)29(40)30(41)32(46-20-23-14-8-5-9-15-23)35(44)38-28-25-17-11-10-16-24(25)18-26(28)39/h4-17,21,26-32,39-41H,18-20H2,1-3H3,(H,36,42)(H,37,43)(H,38,44)/t26-,27-,28+,29+,30+,31+,32+/m0/s1. The molecule has 3 aromatic carbocycles. The third-order valence-corrected chi connectivity index (χ3v) is 8.03. The summed E-state index contributed by atoms with van der Waals surface area (Å²) in [5.74, 6) is -2.41. The average Bonchev–Trinajstić information content (AvgIpc) is 3.38. The van der Waals surface area contributed by atoms with Crippen LogP contribution in [-0.4, -0.2) is 76.7 Å². The van der Waals surface area contributed by atoms with Crippen molar-refractivity contribution in [1.29, 1.82) is 0 Å². The van der Waals surface area contributed by atoms with Gasteiger partial charge in [-0.15, -0.1) is 0 Å². The van der Waals surface area contributed by atoms with Crippen LogP contribution in [0.2, 0.25) is 0 Å². The lowest BCUT2D eigenvalue weighted by molar-refractivity contribution is -0.171. The van der Waals surface area contributed by atoms with Crippen molar-refractivity contribution in [3.8, 4) is 0 Å². The number of benzene rings is 3. The second-order valence-corrected chi connectivity index (χ2v) is 11.7. The van der Waals surface area contributed by atoms with Gasteiger partial charge in [-0.3, -0.25) is 14.4 Å². The van der Waals surface area contributed by atoms with Crippen LogP contribution < -0.4 is 16.0 Å². The maximum atomic E-state index is 13.8. The van der Waals surface area contributed by atoms with E-state index in [0.29, 0.717) is 17.5 Å². The molecular weight excluding hydrogens is 590 g/mol. The average molecular weight is 634 g/mol. The predicted molar refractivity (Wildman–Crippen MR) is 170 cm³/mol. The fourth-order valence-corrected chi connectivity index (χ4v) is 5.45. The second kappa shape index (κ2) is 16.4. The highest BCUT2D eigenvalue weighted by molar-refractivity contribution is 5.90. The van der Waals surface area contributed by atoms with Gasteiger partial charge in [0.15, 0.2) is 12.2 Å². The van der Waals surface area contributed by atoms with Crippen molar-refractivity contribution >= 4 is 17.7 Å². The fraction of sp³-hybridized carbons (Fsp3) is 0.400. The zero-order valence-corrected chi connectivity index (χ0v) is 26.2. The number of hydrogen-bond donors (Lipinski definition) is 6. The van der Waals surface area contributed by atoms with Crippen LogP contribution in [0.15, 0.2) is 84.9 Å². The second-order valence-electron chi connectivity index (χ2n) is 11.7. The minimum absolute atomic E-state index is 0.0969. The highest BCUT2D eigenvalue weighted by atomic mass is 16.5. The van der Waals surface area contributed by atoms with E-state index >= 15 is 0 Å². The van der Waals surface area contributed by atoms with Gasteiger partial charge in [0, 0.05) is 13.5 Å². The molecule has 0 radical (unpaired) electrons. The van der Waals surface area contributed by atoms with Crippen molar-refractivity contribution < 1.29 is 39.2 Å². The number of fused-ring (bicyclic) bond motifs is 1. The molecule has 0 spiro atoms. The first-order chi connectivity index (χ1) is 22.1. The number of ether oxygens (including phenoxy) is 2. The van der Waals surface area contributed by atoms with Gasteiger partial charge in [-0.2, -0.15) is 0 Å². The van der Waals surface area contributed by atoms with Gasteiger partial charge in [0.05, 0.1) is 25.4 Å². The van der Waals surface area contributed by atoms with Gasteiger partial charge in [0.1, 0.15) is 18.2 Å². The lowest BCUT2D eigenvalue weighted by Crippen LogP contribution is -2.59. The monoisotopic (exact) mass is 633 g/mol. The molecule has 11 nitrogen and oxygen atoms in total. The Kier molecular flexibility index (Phi) is 12.4. The smallest absolute Gasteiger partial charge is 0.252 e. The summed E-state index contributed by atoms with van der Waals surface area (Å²) in [5, 5.41) is 41.7. The van der Waals surface area contributed by atoms with Crippen LogP contribution >= 0.6 is 0 Å². The Labute approximate surface area is 268 Å². The molecule has 0 saturated heterocycles. The minimum atomic E-state index is -1.96. The van der Waals surface area contributed by atoms with Crippen LogP contribution in [0.3, 0.4) is 0 Å². The molecule has 0 aliphatic heterocycles. The SMILES string of the molecule is CNC(=O)[C@@H](NC(=O)[C@H](OCc1ccccc1)[C@H](O)[C@@H](O)[C@@H](OCc1ccccc1)C(=O)N[C@@H]1c2ccccc2C[C@@H]1O)C(C)C. The van der Waals surface area contributed by atoms with E-state index in [4.69, 9.17) is 9.47 Å². The summed E-state index contributed by atoms with van der Waals surface area (Å²) in [5.41, 5.74) is 3.01. The van der Waals surface area contributed by atoms with E-state index in [0.717, 1.165) is 11.1 Å². The van der Waals surface area contributed by atoms with E-state index in [2.05, 4.69) is 16.0 Å². The molecule has 0 aromatic heterocycles. The number of aliphatic hydroxyl groups excluding tert-OH is 3. The molecule has 0 heterocycles. The van der Waals surface area contributed by atoms with Crippen LogP contribution in [0.1, 0.15) is 42.1 Å². The Morgan fingerprint density at radius 2 is 1.26 bits per heavy atom. The predicted octanol–water partition coefficient (Wildman–Crippen LogP) is 1.54. The molecule has 0 saturated carbocycles. The molecule has 0 fully saturated rings. The van der Waals surface area contributed by atoms with Crippen LogP contribution in [0.4, 0.5) is 0 Å². The van der Waals surface area contributed by atoms with E-state index in [-0.39, 0.29) is 19.1 Å². The van der Waals surface area contributed by atoms with Gasteiger partial charge in [-0.25, -0.2) is 0 Å². The molecular formula is C35H43N3O8. The Balaban J connectivity index is 1.60. The van der Waals surface area contributed by atoms with Gasteiger partial charge in [0.2, 0.25) is 5.91 Å². The normalized spacial score (nSPS) is 18.9. The number of carbonyl (C=O) groups is 3. The maximum absolute atomic E-state index is 13.8. The number of amides is 3. The number of likely N-dealkylation sites (N-methyl/N-ethyl adjacent to an activating group) is 1. The van der Waals surface area contributed by atoms with Crippen molar-refractivity contribution in [2.75, 3.05) is 7.05 Å². The Hall–Kier alpha value is -4.13. The van der Waals surface area contributed by atoms with Crippen LogP contribution in [-0.2, 0) is 43.5 Å². The largest absolute Gasteiger partial charge is 0.390 e.